The van der Waals surface area contributed by atoms with Gasteiger partial charge in [-0.15, -0.1) is 0 Å². The molecule has 0 aliphatic carbocycles. The summed E-state index contributed by atoms with van der Waals surface area (Å²) in [4.78, 5) is 21.4. The molecule has 0 spiro atoms. The van der Waals surface area contributed by atoms with Gasteiger partial charge in [-0.1, -0.05) is 23.0 Å². The number of hydrogen-bond acceptors (Lipinski definition) is 6. The number of hydrogen-bond donors (Lipinski definition) is 0. The fraction of sp³-hybridized carbons (Fsp3) is 0.409. The van der Waals surface area contributed by atoms with E-state index in [2.05, 4.69) is 47.1 Å². The van der Waals surface area contributed by atoms with Gasteiger partial charge in [0.05, 0.1) is 18.0 Å². The van der Waals surface area contributed by atoms with Crippen LogP contribution < -0.4 is 0 Å². The summed E-state index contributed by atoms with van der Waals surface area (Å²) in [5.41, 5.74) is 4.48. The molecule has 158 valence electrons. The van der Waals surface area contributed by atoms with Crippen molar-refractivity contribution in [2.45, 2.75) is 32.5 Å². The van der Waals surface area contributed by atoms with Crippen LogP contribution in [0.3, 0.4) is 0 Å². The van der Waals surface area contributed by atoms with Crippen molar-refractivity contribution >= 4 is 17.7 Å². The lowest BCUT2D eigenvalue weighted by molar-refractivity contribution is -0.130. The van der Waals surface area contributed by atoms with Gasteiger partial charge < -0.3 is 9.42 Å². The molecule has 3 heterocycles. The van der Waals surface area contributed by atoms with E-state index in [1.54, 1.807) is 6.20 Å². The van der Waals surface area contributed by atoms with Crippen molar-refractivity contribution in [2.24, 2.45) is 0 Å². The predicted molar refractivity (Wildman–Crippen MR) is 117 cm³/mol. The standard InChI is InChI=1S/C22H27N5O2S/c1-16-4-5-19(12-17(16)2)27-7-6-23-22(27)30-15-21(28)26-10-8-25(9-11-26)14-20-13-18(3)24-29-20/h4-7,12-13H,8-11,14-15H2,1-3H3. The minimum absolute atomic E-state index is 0.157. The average molecular weight is 426 g/mol. The summed E-state index contributed by atoms with van der Waals surface area (Å²) in [5.74, 6) is 1.43. The van der Waals surface area contributed by atoms with Crippen molar-refractivity contribution in [3.8, 4) is 5.69 Å². The van der Waals surface area contributed by atoms with Crippen molar-refractivity contribution in [1.29, 1.82) is 0 Å². The second kappa shape index (κ2) is 9.06. The third-order valence-corrected chi connectivity index (χ3v) is 6.43. The first-order valence-electron chi connectivity index (χ1n) is 10.2. The van der Waals surface area contributed by atoms with Gasteiger partial charge in [-0.25, -0.2) is 4.98 Å². The first-order chi connectivity index (χ1) is 14.5. The highest BCUT2D eigenvalue weighted by Gasteiger charge is 2.22. The molecule has 0 bridgehead atoms. The van der Waals surface area contributed by atoms with Crippen molar-refractivity contribution < 1.29 is 9.32 Å². The van der Waals surface area contributed by atoms with Crippen LogP contribution in [0.5, 0.6) is 0 Å². The number of carbonyl (C=O) groups excluding carboxylic acids is 1. The van der Waals surface area contributed by atoms with Gasteiger partial charge in [-0.3, -0.25) is 14.3 Å². The van der Waals surface area contributed by atoms with Crippen LogP contribution in [0.4, 0.5) is 0 Å². The summed E-state index contributed by atoms with van der Waals surface area (Å²) in [6.07, 6.45) is 3.73. The number of benzene rings is 1. The molecule has 1 amide bonds. The van der Waals surface area contributed by atoms with E-state index in [0.717, 1.165) is 55.0 Å². The Bertz CT molecular complexity index is 1020. The molecule has 1 aliphatic heterocycles. The minimum Gasteiger partial charge on any atom is -0.360 e. The highest BCUT2D eigenvalue weighted by molar-refractivity contribution is 7.99. The lowest BCUT2D eigenvalue weighted by atomic mass is 10.1. The molecule has 3 aromatic rings. The third-order valence-electron chi connectivity index (χ3n) is 5.48. The number of carbonyl (C=O) groups is 1. The van der Waals surface area contributed by atoms with E-state index in [-0.39, 0.29) is 5.91 Å². The van der Waals surface area contributed by atoms with E-state index in [4.69, 9.17) is 4.52 Å². The summed E-state index contributed by atoms with van der Waals surface area (Å²) >= 11 is 1.49. The van der Waals surface area contributed by atoms with Crippen LogP contribution in [-0.4, -0.2) is 62.3 Å². The summed E-state index contributed by atoms with van der Waals surface area (Å²) in [6, 6.07) is 8.32. The highest BCUT2D eigenvalue weighted by Crippen LogP contribution is 2.23. The number of nitrogens with zero attached hydrogens (tertiary/aromatic N) is 5. The molecule has 1 aliphatic rings. The van der Waals surface area contributed by atoms with Crippen LogP contribution in [0, 0.1) is 20.8 Å². The predicted octanol–water partition coefficient (Wildman–Crippen LogP) is 3.22. The Labute approximate surface area is 181 Å². The lowest BCUT2D eigenvalue weighted by Crippen LogP contribution is -2.48. The summed E-state index contributed by atoms with van der Waals surface area (Å²) in [7, 11) is 0. The zero-order valence-corrected chi connectivity index (χ0v) is 18.5. The zero-order valence-electron chi connectivity index (χ0n) is 17.7. The zero-order chi connectivity index (χ0) is 21.1. The van der Waals surface area contributed by atoms with E-state index < -0.39 is 0 Å². The molecule has 8 heteroatoms. The maximum atomic E-state index is 12.7. The van der Waals surface area contributed by atoms with E-state index in [0.29, 0.717) is 5.75 Å². The SMILES string of the molecule is Cc1cc(CN2CCN(C(=O)CSc3nccn3-c3ccc(C)c(C)c3)CC2)on1. The van der Waals surface area contributed by atoms with E-state index in [9.17, 15) is 4.79 Å². The van der Waals surface area contributed by atoms with Gasteiger partial charge in [0.2, 0.25) is 5.91 Å². The van der Waals surface area contributed by atoms with Crippen LogP contribution in [-0.2, 0) is 11.3 Å². The van der Waals surface area contributed by atoms with Gasteiger partial charge in [-0.2, -0.15) is 0 Å². The van der Waals surface area contributed by atoms with E-state index in [1.165, 1.54) is 22.9 Å². The van der Waals surface area contributed by atoms with Gasteiger partial charge in [0.15, 0.2) is 10.9 Å². The Hall–Kier alpha value is -2.58. The number of thioether (sulfide) groups is 1. The van der Waals surface area contributed by atoms with Crippen molar-refractivity contribution in [3.63, 3.8) is 0 Å². The maximum absolute atomic E-state index is 12.7. The second-order valence-corrected chi connectivity index (χ2v) is 8.67. The Morgan fingerprint density at radius 1 is 1.10 bits per heavy atom. The molecule has 0 saturated carbocycles. The van der Waals surface area contributed by atoms with Gasteiger partial charge in [0.25, 0.3) is 0 Å². The second-order valence-electron chi connectivity index (χ2n) is 7.73. The Morgan fingerprint density at radius 2 is 1.90 bits per heavy atom. The molecule has 0 atom stereocenters. The van der Waals surface area contributed by atoms with Gasteiger partial charge in [-0.05, 0) is 44.0 Å². The molecule has 0 unspecified atom stereocenters. The van der Waals surface area contributed by atoms with Crippen LogP contribution in [0.1, 0.15) is 22.6 Å². The monoisotopic (exact) mass is 425 g/mol. The average Bonchev–Trinajstić information content (AvgIpc) is 3.37. The molecule has 4 rings (SSSR count). The fourth-order valence-electron chi connectivity index (χ4n) is 3.55. The lowest BCUT2D eigenvalue weighted by Gasteiger charge is -2.34. The number of imidazole rings is 1. The summed E-state index contributed by atoms with van der Waals surface area (Å²) in [6.45, 7) is 10.0. The Balaban J connectivity index is 1.29. The van der Waals surface area contributed by atoms with Crippen molar-refractivity contribution in [3.05, 3.63) is 59.2 Å². The first kappa shape index (κ1) is 20.7. The highest BCUT2D eigenvalue weighted by atomic mass is 32.2. The van der Waals surface area contributed by atoms with Crippen LogP contribution >= 0.6 is 11.8 Å². The van der Waals surface area contributed by atoms with Crippen molar-refractivity contribution in [1.82, 2.24) is 24.5 Å². The topological polar surface area (TPSA) is 67.4 Å². The summed E-state index contributed by atoms with van der Waals surface area (Å²) < 4.78 is 7.34. The number of piperazine rings is 1. The molecule has 1 fully saturated rings. The van der Waals surface area contributed by atoms with E-state index >= 15 is 0 Å². The number of aryl methyl sites for hydroxylation is 3. The van der Waals surface area contributed by atoms with Gasteiger partial charge >= 0.3 is 0 Å². The molecule has 2 aromatic heterocycles. The number of aromatic nitrogens is 3. The molecule has 1 saturated heterocycles. The first-order valence-corrected chi connectivity index (χ1v) is 11.1. The smallest absolute Gasteiger partial charge is 0.233 e. The van der Waals surface area contributed by atoms with Crippen molar-refractivity contribution in [2.75, 3.05) is 31.9 Å². The summed E-state index contributed by atoms with van der Waals surface area (Å²) in [5, 5.41) is 4.77. The third kappa shape index (κ3) is 4.76. The molecule has 1 aromatic carbocycles. The molecule has 7 nitrogen and oxygen atoms in total. The largest absolute Gasteiger partial charge is 0.360 e. The van der Waals surface area contributed by atoms with Gasteiger partial charge in [0, 0.05) is 50.3 Å². The molecule has 30 heavy (non-hydrogen) atoms. The Kier molecular flexibility index (Phi) is 6.24. The normalized spacial score (nSPS) is 15.0. The van der Waals surface area contributed by atoms with Crippen LogP contribution in [0.25, 0.3) is 5.69 Å². The van der Waals surface area contributed by atoms with Crippen LogP contribution in [0.2, 0.25) is 0 Å². The quantitative estimate of drug-likeness (QED) is 0.565. The van der Waals surface area contributed by atoms with E-state index in [1.807, 2.05) is 28.7 Å². The van der Waals surface area contributed by atoms with Gasteiger partial charge in [0.1, 0.15) is 0 Å². The fourth-order valence-corrected chi connectivity index (χ4v) is 4.43. The Morgan fingerprint density at radius 3 is 2.60 bits per heavy atom. The number of rotatable bonds is 6. The maximum Gasteiger partial charge on any atom is 0.233 e. The minimum atomic E-state index is 0.157. The number of amides is 1. The molecule has 0 N–H and O–H groups in total. The molecule has 0 radical (unpaired) electrons. The van der Waals surface area contributed by atoms with Crippen LogP contribution in [0.15, 0.2) is 46.3 Å². The molecular formula is C22H27N5O2S. The molecular weight excluding hydrogens is 398 g/mol.